The molecule has 0 aliphatic carbocycles. The van der Waals surface area contributed by atoms with E-state index in [1.54, 1.807) is 20.1 Å². The van der Waals surface area contributed by atoms with Gasteiger partial charge in [0.1, 0.15) is 4.88 Å². The van der Waals surface area contributed by atoms with Crippen molar-refractivity contribution >= 4 is 34.1 Å². The second kappa shape index (κ2) is 8.42. The molecule has 0 aliphatic heterocycles. The molecule has 0 spiro atoms. The van der Waals surface area contributed by atoms with Crippen LogP contribution in [0.3, 0.4) is 0 Å². The smallest absolute Gasteiger partial charge is 0.325 e. The van der Waals surface area contributed by atoms with Gasteiger partial charge in [0.2, 0.25) is 0 Å². The molecule has 1 heterocycles. The fourth-order valence-electron chi connectivity index (χ4n) is 1.99. The number of methoxy groups -OCH3 is 1. The van der Waals surface area contributed by atoms with Gasteiger partial charge in [-0.1, -0.05) is 23.5 Å². The number of hydrogen-bond acceptors (Lipinski definition) is 5. The van der Waals surface area contributed by atoms with E-state index in [1.165, 1.54) is 0 Å². The van der Waals surface area contributed by atoms with E-state index in [0.29, 0.717) is 34.5 Å². The fourth-order valence-corrected chi connectivity index (χ4v) is 2.87. The van der Waals surface area contributed by atoms with Gasteiger partial charge in [0, 0.05) is 19.3 Å². The zero-order chi connectivity index (χ0) is 17.5. The topological polar surface area (TPSA) is 92.4 Å². The molecule has 0 bridgehead atoms. The molecule has 3 N–H and O–H groups in total. The number of benzene rings is 1. The van der Waals surface area contributed by atoms with Crippen LogP contribution in [0.4, 0.5) is 15.6 Å². The Hall–Kier alpha value is -2.45. The number of nitrogens with one attached hydrogen (secondary N) is 3. The SMILES string of the molecule is COCCNC(=O)c1sc(NC(=O)Nc2cccc(C)c2)nc1C. The highest BCUT2D eigenvalue weighted by molar-refractivity contribution is 7.17. The van der Waals surface area contributed by atoms with Gasteiger partial charge in [-0.2, -0.15) is 0 Å². The Balaban J connectivity index is 1.96. The Morgan fingerprint density at radius 2 is 2.04 bits per heavy atom. The van der Waals surface area contributed by atoms with E-state index < -0.39 is 6.03 Å². The van der Waals surface area contributed by atoms with Crippen molar-refractivity contribution in [1.82, 2.24) is 10.3 Å². The van der Waals surface area contributed by atoms with Crippen molar-refractivity contribution in [2.24, 2.45) is 0 Å². The normalized spacial score (nSPS) is 10.3. The first-order valence-corrected chi connectivity index (χ1v) is 8.20. The third-order valence-corrected chi connectivity index (χ3v) is 4.16. The van der Waals surface area contributed by atoms with Gasteiger partial charge in [0.05, 0.1) is 12.3 Å². The molecule has 2 aromatic rings. The first kappa shape index (κ1) is 17.9. The van der Waals surface area contributed by atoms with E-state index in [1.807, 2.05) is 25.1 Å². The second-order valence-electron chi connectivity index (χ2n) is 5.13. The number of rotatable bonds is 6. The first-order valence-electron chi connectivity index (χ1n) is 7.39. The monoisotopic (exact) mass is 348 g/mol. The lowest BCUT2D eigenvalue weighted by Crippen LogP contribution is -2.26. The number of aryl methyl sites for hydroxylation is 2. The highest BCUT2D eigenvalue weighted by atomic mass is 32.1. The number of hydrogen-bond donors (Lipinski definition) is 3. The zero-order valence-electron chi connectivity index (χ0n) is 13.8. The number of anilines is 2. The van der Waals surface area contributed by atoms with Crippen LogP contribution in [0.1, 0.15) is 20.9 Å². The van der Waals surface area contributed by atoms with E-state index in [0.717, 1.165) is 16.9 Å². The average molecular weight is 348 g/mol. The van der Waals surface area contributed by atoms with Crippen LogP contribution in [-0.2, 0) is 4.74 Å². The van der Waals surface area contributed by atoms with Crippen LogP contribution < -0.4 is 16.0 Å². The number of aromatic nitrogens is 1. The summed E-state index contributed by atoms with van der Waals surface area (Å²) < 4.78 is 4.89. The van der Waals surface area contributed by atoms with Crippen LogP contribution >= 0.6 is 11.3 Å². The highest BCUT2D eigenvalue weighted by Gasteiger charge is 2.16. The van der Waals surface area contributed by atoms with Gasteiger partial charge in [-0.3, -0.25) is 10.1 Å². The summed E-state index contributed by atoms with van der Waals surface area (Å²) in [5.41, 5.74) is 2.31. The van der Waals surface area contributed by atoms with Gasteiger partial charge in [-0.15, -0.1) is 0 Å². The molecule has 2 rings (SSSR count). The van der Waals surface area contributed by atoms with Gasteiger partial charge >= 0.3 is 6.03 Å². The fraction of sp³-hybridized carbons (Fsp3) is 0.312. The number of urea groups is 1. The molecular formula is C16H20N4O3S. The van der Waals surface area contributed by atoms with Crippen LogP contribution in [0.2, 0.25) is 0 Å². The minimum Gasteiger partial charge on any atom is -0.383 e. The van der Waals surface area contributed by atoms with Gasteiger partial charge in [0.25, 0.3) is 5.91 Å². The van der Waals surface area contributed by atoms with E-state index in [4.69, 9.17) is 4.74 Å². The van der Waals surface area contributed by atoms with E-state index in [9.17, 15) is 9.59 Å². The number of carbonyl (C=O) groups is 2. The lowest BCUT2D eigenvalue weighted by molar-refractivity contribution is 0.0940. The van der Waals surface area contributed by atoms with Crippen molar-refractivity contribution in [2.45, 2.75) is 13.8 Å². The van der Waals surface area contributed by atoms with Crippen molar-refractivity contribution < 1.29 is 14.3 Å². The standard InChI is InChI=1S/C16H20N4O3S/c1-10-5-4-6-12(9-10)19-15(22)20-16-18-11(2)13(24-16)14(21)17-7-8-23-3/h4-6,9H,7-8H2,1-3H3,(H,17,21)(H2,18,19,20,22). The molecule has 3 amide bonds. The zero-order valence-corrected chi connectivity index (χ0v) is 14.6. The van der Waals surface area contributed by atoms with E-state index in [-0.39, 0.29) is 5.91 Å². The molecule has 128 valence electrons. The number of ether oxygens (including phenoxy) is 1. The summed E-state index contributed by atoms with van der Waals surface area (Å²) in [6.07, 6.45) is 0. The third-order valence-electron chi connectivity index (χ3n) is 3.09. The summed E-state index contributed by atoms with van der Waals surface area (Å²) in [6.45, 7) is 4.53. The minimum atomic E-state index is -0.402. The number of nitrogens with zero attached hydrogens (tertiary/aromatic N) is 1. The number of thiazole rings is 1. The Bertz CT molecular complexity index is 730. The molecular weight excluding hydrogens is 328 g/mol. The van der Waals surface area contributed by atoms with Gasteiger partial charge in [0.15, 0.2) is 5.13 Å². The first-order chi connectivity index (χ1) is 11.5. The molecule has 0 saturated heterocycles. The Labute approximate surface area is 144 Å². The Kier molecular flexibility index (Phi) is 6.28. The third kappa shape index (κ3) is 5.04. The average Bonchev–Trinajstić information content (AvgIpc) is 2.87. The molecule has 0 unspecified atom stereocenters. The molecule has 0 atom stereocenters. The molecule has 0 saturated carbocycles. The Morgan fingerprint density at radius 3 is 2.75 bits per heavy atom. The van der Waals surface area contributed by atoms with Crippen LogP contribution in [0.15, 0.2) is 24.3 Å². The summed E-state index contributed by atoms with van der Waals surface area (Å²) >= 11 is 1.13. The molecule has 7 nitrogen and oxygen atoms in total. The number of amides is 3. The van der Waals surface area contributed by atoms with E-state index >= 15 is 0 Å². The maximum Gasteiger partial charge on any atom is 0.325 e. The molecule has 24 heavy (non-hydrogen) atoms. The van der Waals surface area contributed by atoms with Crippen LogP contribution in [0.25, 0.3) is 0 Å². The predicted octanol–water partition coefficient (Wildman–Crippen LogP) is 2.78. The summed E-state index contributed by atoms with van der Waals surface area (Å²) in [7, 11) is 1.57. The van der Waals surface area contributed by atoms with Gasteiger partial charge in [-0.25, -0.2) is 9.78 Å². The summed E-state index contributed by atoms with van der Waals surface area (Å²) in [5.74, 6) is -0.228. The van der Waals surface area contributed by atoms with Crippen LogP contribution in [-0.4, -0.2) is 37.2 Å². The Morgan fingerprint density at radius 1 is 1.25 bits per heavy atom. The lowest BCUT2D eigenvalue weighted by Gasteiger charge is -2.05. The minimum absolute atomic E-state index is 0.228. The summed E-state index contributed by atoms with van der Waals surface area (Å²) in [5, 5.41) is 8.48. The molecule has 1 aromatic carbocycles. The van der Waals surface area contributed by atoms with Crippen molar-refractivity contribution in [3.63, 3.8) is 0 Å². The summed E-state index contributed by atoms with van der Waals surface area (Å²) in [6, 6.07) is 7.07. The van der Waals surface area contributed by atoms with Crippen LogP contribution in [0, 0.1) is 13.8 Å². The van der Waals surface area contributed by atoms with Crippen molar-refractivity contribution in [2.75, 3.05) is 30.9 Å². The van der Waals surface area contributed by atoms with Gasteiger partial charge < -0.3 is 15.4 Å². The van der Waals surface area contributed by atoms with Crippen molar-refractivity contribution in [3.05, 3.63) is 40.4 Å². The van der Waals surface area contributed by atoms with E-state index in [2.05, 4.69) is 20.9 Å². The number of carbonyl (C=O) groups excluding carboxylic acids is 2. The highest BCUT2D eigenvalue weighted by Crippen LogP contribution is 2.22. The van der Waals surface area contributed by atoms with Crippen LogP contribution in [0.5, 0.6) is 0 Å². The second-order valence-corrected chi connectivity index (χ2v) is 6.13. The predicted molar refractivity (Wildman–Crippen MR) is 94.9 cm³/mol. The maximum atomic E-state index is 12.0. The quantitative estimate of drug-likeness (QED) is 0.700. The largest absolute Gasteiger partial charge is 0.383 e. The van der Waals surface area contributed by atoms with Crippen molar-refractivity contribution in [1.29, 1.82) is 0 Å². The molecule has 0 fully saturated rings. The molecule has 0 radical (unpaired) electrons. The molecule has 8 heteroatoms. The van der Waals surface area contributed by atoms with Gasteiger partial charge in [-0.05, 0) is 31.5 Å². The van der Waals surface area contributed by atoms with Crippen molar-refractivity contribution in [3.8, 4) is 0 Å². The summed E-state index contributed by atoms with van der Waals surface area (Å²) in [4.78, 5) is 28.7. The maximum absolute atomic E-state index is 12.0. The molecule has 1 aromatic heterocycles. The molecule has 0 aliphatic rings. The lowest BCUT2D eigenvalue weighted by atomic mass is 10.2.